The second kappa shape index (κ2) is 6.28. The lowest BCUT2D eigenvalue weighted by atomic mass is 9.40. The highest BCUT2D eigenvalue weighted by Crippen LogP contribution is 2.67. The minimum atomic E-state index is 0.224. The second-order valence-electron chi connectivity index (χ2n) is 11.2. The molecule has 2 heteroatoms. The number of aromatic hydroxyl groups is 2. The van der Waals surface area contributed by atoms with Gasteiger partial charge in [0.25, 0.3) is 0 Å². The Bertz CT molecular complexity index is 966. The van der Waals surface area contributed by atoms with E-state index in [9.17, 15) is 10.2 Å². The highest BCUT2D eigenvalue weighted by molar-refractivity contribution is 5.55. The predicted octanol–water partition coefficient (Wildman–Crippen LogP) is 6.74. The van der Waals surface area contributed by atoms with E-state index < -0.39 is 0 Å². The number of aryl methyl sites for hydroxylation is 2. The van der Waals surface area contributed by atoms with Gasteiger partial charge in [-0.3, -0.25) is 0 Å². The van der Waals surface area contributed by atoms with Gasteiger partial charge in [-0.15, -0.1) is 0 Å². The molecule has 0 saturated heterocycles. The van der Waals surface area contributed by atoms with Crippen molar-refractivity contribution in [1.29, 1.82) is 0 Å². The first-order valence-electron chi connectivity index (χ1n) is 11.7. The molecule has 2 aromatic rings. The minimum Gasteiger partial charge on any atom is -0.508 e. The number of rotatable bonds is 2. The molecule has 2 aromatic carbocycles. The van der Waals surface area contributed by atoms with Crippen LogP contribution >= 0.6 is 0 Å². The predicted molar refractivity (Wildman–Crippen MR) is 123 cm³/mol. The lowest BCUT2D eigenvalue weighted by Gasteiger charge is -2.63. The SMILES string of the molecule is Cc1cc(O)c(C)c(C)c1C12CC3CC(C1)CC(c1c(C)cc(O)c(C)c1C)(C3)C2. The Balaban J connectivity index is 1.72. The van der Waals surface area contributed by atoms with Gasteiger partial charge in [0.05, 0.1) is 0 Å². The van der Waals surface area contributed by atoms with E-state index in [0.717, 1.165) is 23.0 Å². The Labute approximate surface area is 181 Å². The molecule has 160 valence electrons. The number of benzene rings is 2. The van der Waals surface area contributed by atoms with Crippen LogP contribution in [0.25, 0.3) is 0 Å². The van der Waals surface area contributed by atoms with Crippen LogP contribution in [0.3, 0.4) is 0 Å². The molecule has 2 nitrogen and oxygen atoms in total. The molecule has 0 aliphatic heterocycles. The zero-order valence-corrected chi connectivity index (χ0v) is 19.4. The molecule has 0 atom stereocenters. The number of hydrogen-bond donors (Lipinski definition) is 2. The molecular formula is C28H36O2. The quantitative estimate of drug-likeness (QED) is 0.582. The molecule has 0 amide bonds. The van der Waals surface area contributed by atoms with Crippen molar-refractivity contribution in [2.45, 2.75) is 90.9 Å². The van der Waals surface area contributed by atoms with Gasteiger partial charge in [0.1, 0.15) is 11.5 Å². The smallest absolute Gasteiger partial charge is 0.119 e. The van der Waals surface area contributed by atoms with Crippen LogP contribution in [0.2, 0.25) is 0 Å². The molecule has 4 saturated carbocycles. The first kappa shape index (κ1) is 20.0. The molecule has 4 aliphatic rings. The van der Waals surface area contributed by atoms with Crippen LogP contribution in [-0.4, -0.2) is 10.2 Å². The summed E-state index contributed by atoms with van der Waals surface area (Å²) in [6, 6.07) is 4.01. The van der Waals surface area contributed by atoms with Crippen molar-refractivity contribution in [3.05, 3.63) is 56.6 Å². The summed E-state index contributed by atoms with van der Waals surface area (Å²) in [5.41, 5.74) is 10.7. The monoisotopic (exact) mass is 404 g/mol. The molecule has 2 N–H and O–H groups in total. The molecule has 4 fully saturated rings. The molecule has 0 heterocycles. The van der Waals surface area contributed by atoms with E-state index in [1.54, 1.807) is 0 Å². The molecule has 0 spiro atoms. The normalized spacial score (nSPS) is 32.1. The van der Waals surface area contributed by atoms with E-state index in [1.165, 1.54) is 71.9 Å². The van der Waals surface area contributed by atoms with Gasteiger partial charge < -0.3 is 10.2 Å². The van der Waals surface area contributed by atoms with Gasteiger partial charge in [-0.05, 0) is 159 Å². The van der Waals surface area contributed by atoms with E-state index >= 15 is 0 Å². The van der Waals surface area contributed by atoms with E-state index in [-0.39, 0.29) is 10.8 Å². The van der Waals surface area contributed by atoms with Crippen molar-refractivity contribution >= 4 is 0 Å². The highest BCUT2D eigenvalue weighted by Gasteiger charge is 2.59. The van der Waals surface area contributed by atoms with Crippen LogP contribution in [0, 0.1) is 53.4 Å². The van der Waals surface area contributed by atoms with Crippen molar-refractivity contribution in [2.75, 3.05) is 0 Å². The van der Waals surface area contributed by atoms with Gasteiger partial charge in [-0.2, -0.15) is 0 Å². The van der Waals surface area contributed by atoms with Crippen LogP contribution < -0.4 is 0 Å². The Morgan fingerprint density at radius 1 is 0.633 bits per heavy atom. The Morgan fingerprint density at radius 2 is 1.00 bits per heavy atom. The van der Waals surface area contributed by atoms with E-state index in [4.69, 9.17) is 0 Å². The maximum Gasteiger partial charge on any atom is 0.119 e. The van der Waals surface area contributed by atoms with Crippen LogP contribution in [0.1, 0.15) is 83.0 Å². The number of phenolic OH excluding ortho intramolecular Hbond substituents is 2. The lowest BCUT2D eigenvalue weighted by molar-refractivity contribution is -0.0291. The van der Waals surface area contributed by atoms with Crippen LogP contribution in [-0.2, 0) is 10.8 Å². The summed E-state index contributed by atoms with van der Waals surface area (Å²) in [5, 5.41) is 20.8. The molecule has 0 unspecified atom stereocenters. The average Bonchev–Trinajstić information content (AvgIpc) is 2.62. The van der Waals surface area contributed by atoms with Gasteiger partial charge in [0.2, 0.25) is 0 Å². The van der Waals surface area contributed by atoms with E-state index in [1.807, 2.05) is 12.1 Å². The minimum absolute atomic E-state index is 0.224. The second-order valence-corrected chi connectivity index (χ2v) is 11.2. The van der Waals surface area contributed by atoms with Gasteiger partial charge in [-0.25, -0.2) is 0 Å². The van der Waals surface area contributed by atoms with Gasteiger partial charge in [0.15, 0.2) is 0 Å². The van der Waals surface area contributed by atoms with Crippen molar-refractivity contribution < 1.29 is 10.2 Å². The summed E-state index contributed by atoms with van der Waals surface area (Å²) in [6.07, 6.45) is 7.79. The summed E-state index contributed by atoms with van der Waals surface area (Å²) in [7, 11) is 0. The Morgan fingerprint density at radius 3 is 1.37 bits per heavy atom. The molecule has 6 rings (SSSR count). The molecule has 4 bridgehead atoms. The molecule has 0 radical (unpaired) electrons. The standard InChI is InChI=1S/C28H36O2/c1-15-7-23(29)17(3)19(5)25(15)27-10-21-9-22(11-27)13-28(12-21,14-27)26-16(2)8-24(30)18(4)20(26)6/h7-8,21-22,29-30H,9-14H2,1-6H3. The maximum atomic E-state index is 10.4. The van der Waals surface area contributed by atoms with Crippen molar-refractivity contribution in [1.82, 2.24) is 0 Å². The summed E-state index contributed by atoms with van der Waals surface area (Å²) in [6.45, 7) is 13.0. The fourth-order valence-electron chi connectivity index (χ4n) is 8.60. The fraction of sp³-hybridized carbons (Fsp3) is 0.571. The topological polar surface area (TPSA) is 40.5 Å². The first-order chi connectivity index (χ1) is 14.1. The maximum absolute atomic E-state index is 10.4. The Hall–Kier alpha value is -1.96. The molecular weight excluding hydrogens is 368 g/mol. The molecule has 0 aromatic heterocycles. The third-order valence-corrected chi connectivity index (χ3v) is 9.26. The van der Waals surface area contributed by atoms with Crippen molar-refractivity contribution in [2.24, 2.45) is 11.8 Å². The van der Waals surface area contributed by atoms with Crippen LogP contribution in [0.4, 0.5) is 0 Å². The van der Waals surface area contributed by atoms with Crippen molar-refractivity contribution in [3.63, 3.8) is 0 Å². The third-order valence-electron chi connectivity index (χ3n) is 9.26. The first-order valence-corrected chi connectivity index (χ1v) is 11.7. The van der Waals surface area contributed by atoms with Gasteiger partial charge in [0, 0.05) is 0 Å². The van der Waals surface area contributed by atoms with Crippen molar-refractivity contribution in [3.8, 4) is 11.5 Å². The van der Waals surface area contributed by atoms with Gasteiger partial charge >= 0.3 is 0 Å². The molecule has 30 heavy (non-hydrogen) atoms. The average molecular weight is 405 g/mol. The Kier molecular flexibility index (Phi) is 4.18. The van der Waals surface area contributed by atoms with Crippen LogP contribution in [0.5, 0.6) is 11.5 Å². The largest absolute Gasteiger partial charge is 0.508 e. The zero-order valence-electron chi connectivity index (χ0n) is 19.4. The summed E-state index contributed by atoms with van der Waals surface area (Å²) in [4.78, 5) is 0. The molecule has 4 aliphatic carbocycles. The zero-order chi connectivity index (χ0) is 21.6. The summed E-state index contributed by atoms with van der Waals surface area (Å²) >= 11 is 0. The summed E-state index contributed by atoms with van der Waals surface area (Å²) < 4.78 is 0. The lowest BCUT2D eigenvalue weighted by Crippen LogP contribution is -2.56. The van der Waals surface area contributed by atoms with Crippen LogP contribution in [0.15, 0.2) is 12.1 Å². The fourth-order valence-corrected chi connectivity index (χ4v) is 8.60. The van der Waals surface area contributed by atoms with E-state index in [0.29, 0.717) is 11.5 Å². The summed E-state index contributed by atoms with van der Waals surface area (Å²) in [5.74, 6) is 2.45. The van der Waals surface area contributed by atoms with E-state index in [2.05, 4.69) is 41.5 Å². The van der Waals surface area contributed by atoms with Gasteiger partial charge in [-0.1, -0.05) is 0 Å². The highest BCUT2D eigenvalue weighted by atomic mass is 16.3. The number of phenols is 2. The number of hydrogen-bond acceptors (Lipinski definition) is 2. The third kappa shape index (κ3) is 2.55.